The highest BCUT2D eigenvalue weighted by atomic mass is 16.2. The average molecular weight is 363 g/mol. The van der Waals surface area contributed by atoms with Crippen LogP contribution in [0.25, 0.3) is 22.0 Å². The molecule has 2 amide bonds. The van der Waals surface area contributed by atoms with Crippen LogP contribution in [0.2, 0.25) is 0 Å². The Balaban J connectivity index is 1.91. The number of aromatic nitrogens is 3. The third-order valence-corrected chi connectivity index (χ3v) is 4.17. The number of rotatable bonds is 5. The van der Waals surface area contributed by atoms with E-state index in [1.807, 2.05) is 32.9 Å². The first-order chi connectivity index (χ1) is 13.0. The number of pyridine rings is 3. The van der Waals surface area contributed by atoms with Gasteiger partial charge in [0.15, 0.2) is 5.78 Å². The molecule has 0 aromatic carbocycles. The van der Waals surface area contributed by atoms with Gasteiger partial charge in [-0.25, -0.2) is 9.78 Å². The average Bonchev–Trinajstić information content (AvgIpc) is 2.67. The van der Waals surface area contributed by atoms with Crippen molar-refractivity contribution in [1.82, 2.24) is 20.3 Å². The number of hydrogen-bond donors (Lipinski definition) is 2. The highest BCUT2D eigenvalue weighted by Crippen LogP contribution is 2.26. The number of nitrogens with zero attached hydrogens (tertiary/aromatic N) is 3. The zero-order chi connectivity index (χ0) is 19.4. The molecule has 0 fully saturated rings. The second-order valence-corrected chi connectivity index (χ2v) is 6.13. The van der Waals surface area contributed by atoms with Gasteiger partial charge in [-0.05, 0) is 31.5 Å². The van der Waals surface area contributed by atoms with Crippen LogP contribution in [0.5, 0.6) is 0 Å². The van der Waals surface area contributed by atoms with Crippen LogP contribution in [0.15, 0.2) is 36.8 Å². The fraction of sp³-hybridized carbons (Fsp3) is 0.250. The molecule has 3 heterocycles. The van der Waals surface area contributed by atoms with Gasteiger partial charge in [0.05, 0.1) is 5.52 Å². The smallest absolute Gasteiger partial charge is 0.320 e. The molecule has 0 aliphatic carbocycles. The van der Waals surface area contributed by atoms with Crippen molar-refractivity contribution in [3.8, 4) is 11.1 Å². The third kappa shape index (κ3) is 4.08. The van der Waals surface area contributed by atoms with Crippen molar-refractivity contribution in [1.29, 1.82) is 0 Å². The first-order valence-corrected chi connectivity index (χ1v) is 8.82. The number of amides is 2. The van der Waals surface area contributed by atoms with E-state index in [0.29, 0.717) is 24.5 Å². The summed E-state index contributed by atoms with van der Waals surface area (Å²) in [6, 6.07) is 5.20. The summed E-state index contributed by atoms with van der Waals surface area (Å²) in [4.78, 5) is 36.5. The molecular weight excluding hydrogens is 342 g/mol. The maximum atomic E-state index is 11.8. The molecule has 0 aliphatic heterocycles. The molecule has 0 unspecified atom stereocenters. The topological polar surface area (TPSA) is 96.9 Å². The molecule has 138 valence electrons. The lowest BCUT2D eigenvalue weighted by molar-refractivity contribution is 0.0983. The predicted molar refractivity (Wildman–Crippen MR) is 105 cm³/mol. The van der Waals surface area contributed by atoms with Crippen molar-refractivity contribution in [3.05, 3.63) is 48.0 Å². The second kappa shape index (κ2) is 7.90. The maximum absolute atomic E-state index is 11.8. The molecule has 3 aromatic heterocycles. The number of carbonyl (C=O) groups is 2. The van der Waals surface area contributed by atoms with Crippen LogP contribution in [0.3, 0.4) is 0 Å². The van der Waals surface area contributed by atoms with E-state index in [4.69, 9.17) is 0 Å². The second-order valence-electron chi connectivity index (χ2n) is 6.13. The molecule has 0 atom stereocenters. The molecule has 0 saturated heterocycles. The van der Waals surface area contributed by atoms with Crippen molar-refractivity contribution < 1.29 is 9.59 Å². The van der Waals surface area contributed by atoms with Gasteiger partial charge in [-0.3, -0.25) is 20.1 Å². The van der Waals surface area contributed by atoms with Crippen LogP contribution in [-0.4, -0.2) is 33.3 Å². The number of fused-ring (bicyclic) bond motifs is 1. The summed E-state index contributed by atoms with van der Waals surface area (Å²) in [5.74, 6) is 0.464. The Bertz CT molecular complexity index is 1020. The Kier molecular flexibility index (Phi) is 5.40. The molecule has 0 bridgehead atoms. The standard InChI is InChI=1S/C20H21N5O2/c1-4-18(26)17-6-12(3)15(11-23-17)13-7-14-10-24-19(8-16(14)22-9-13)25-20(27)21-5-2/h6-11H,4-5H2,1-3H3,(H2,21,24,25,27). The summed E-state index contributed by atoms with van der Waals surface area (Å²) in [7, 11) is 0. The van der Waals surface area contributed by atoms with E-state index in [1.54, 1.807) is 24.7 Å². The van der Waals surface area contributed by atoms with Gasteiger partial charge < -0.3 is 5.32 Å². The SMILES string of the molecule is CCNC(=O)Nc1cc2ncc(-c3cnc(C(=O)CC)cc3C)cc2cn1. The minimum Gasteiger partial charge on any atom is -0.338 e. The van der Waals surface area contributed by atoms with Crippen LogP contribution in [-0.2, 0) is 0 Å². The summed E-state index contributed by atoms with van der Waals surface area (Å²) >= 11 is 0. The van der Waals surface area contributed by atoms with E-state index < -0.39 is 0 Å². The van der Waals surface area contributed by atoms with E-state index in [9.17, 15) is 9.59 Å². The van der Waals surface area contributed by atoms with Gasteiger partial charge in [0.25, 0.3) is 0 Å². The number of Topliss-reactive ketones (excluding diaryl/α,β-unsaturated/α-hetero) is 1. The lowest BCUT2D eigenvalue weighted by Crippen LogP contribution is -2.28. The number of carbonyl (C=O) groups excluding carboxylic acids is 2. The lowest BCUT2D eigenvalue weighted by Gasteiger charge is -2.09. The van der Waals surface area contributed by atoms with Crippen LogP contribution in [0.1, 0.15) is 36.3 Å². The fourth-order valence-electron chi connectivity index (χ4n) is 2.75. The van der Waals surface area contributed by atoms with Gasteiger partial charge in [-0.2, -0.15) is 0 Å². The summed E-state index contributed by atoms with van der Waals surface area (Å²) in [5, 5.41) is 6.17. The number of aryl methyl sites for hydroxylation is 1. The molecule has 2 N–H and O–H groups in total. The van der Waals surface area contributed by atoms with Crippen molar-refractivity contribution in [2.75, 3.05) is 11.9 Å². The van der Waals surface area contributed by atoms with Gasteiger partial charge in [-0.1, -0.05) is 6.92 Å². The van der Waals surface area contributed by atoms with Crippen LogP contribution < -0.4 is 10.6 Å². The summed E-state index contributed by atoms with van der Waals surface area (Å²) in [5.41, 5.74) is 3.99. The van der Waals surface area contributed by atoms with E-state index in [-0.39, 0.29) is 11.8 Å². The third-order valence-electron chi connectivity index (χ3n) is 4.17. The number of urea groups is 1. The van der Waals surface area contributed by atoms with E-state index in [0.717, 1.165) is 27.6 Å². The van der Waals surface area contributed by atoms with Crippen molar-refractivity contribution in [2.45, 2.75) is 27.2 Å². The number of ketones is 1. The molecule has 7 heteroatoms. The normalized spacial score (nSPS) is 10.6. The molecular formula is C20H21N5O2. The highest BCUT2D eigenvalue weighted by molar-refractivity contribution is 5.95. The summed E-state index contributed by atoms with van der Waals surface area (Å²) in [6.07, 6.45) is 5.57. The Morgan fingerprint density at radius 2 is 1.81 bits per heavy atom. The molecule has 3 aromatic rings. The van der Waals surface area contributed by atoms with Crippen LogP contribution in [0, 0.1) is 6.92 Å². The van der Waals surface area contributed by atoms with E-state index in [2.05, 4.69) is 25.6 Å². The quantitative estimate of drug-likeness (QED) is 0.673. The summed E-state index contributed by atoms with van der Waals surface area (Å²) in [6.45, 7) is 6.16. The maximum Gasteiger partial charge on any atom is 0.320 e. The summed E-state index contributed by atoms with van der Waals surface area (Å²) < 4.78 is 0. The first-order valence-electron chi connectivity index (χ1n) is 8.82. The minimum absolute atomic E-state index is 0.0256. The largest absolute Gasteiger partial charge is 0.338 e. The van der Waals surface area contributed by atoms with Crippen molar-refractivity contribution >= 4 is 28.5 Å². The molecule has 0 spiro atoms. The Hall–Kier alpha value is -3.35. The van der Waals surface area contributed by atoms with Crippen molar-refractivity contribution in [2.24, 2.45) is 0 Å². The van der Waals surface area contributed by atoms with Gasteiger partial charge in [0, 0.05) is 54.1 Å². The van der Waals surface area contributed by atoms with Gasteiger partial charge in [0.2, 0.25) is 0 Å². The Morgan fingerprint density at radius 3 is 2.52 bits per heavy atom. The van der Waals surface area contributed by atoms with E-state index in [1.165, 1.54) is 0 Å². The van der Waals surface area contributed by atoms with Gasteiger partial charge in [-0.15, -0.1) is 0 Å². The zero-order valence-electron chi connectivity index (χ0n) is 15.5. The molecule has 0 saturated carbocycles. The predicted octanol–water partition coefficient (Wildman–Crippen LogP) is 3.73. The van der Waals surface area contributed by atoms with Gasteiger partial charge >= 0.3 is 6.03 Å². The molecule has 3 rings (SSSR count). The molecule has 0 radical (unpaired) electrons. The molecule has 7 nitrogen and oxygen atoms in total. The highest BCUT2D eigenvalue weighted by Gasteiger charge is 2.10. The monoisotopic (exact) mass is 363 g/mol. The Morgan fingerprint density at radius 1 is 1.00 bits per heavy atom. The zero-order valence-corrected chi connectivity index (χ0v) is 15.5. The van der Waals surface area contributed by atoms with Crippen LogP contribution >= 0.6 is 0 Å². The number of hydrogen-bond acceptors (Lipinski definition) is 5. The first kappa shape index (κ1) is 18.4. The number of anilines is 1. The molecule has 27 heavy (non-hydrogen) atoms. The minimum atomic E-state index is -0.301. The fourth-order valence-corrected chi connectivity index (χ4v) is 2.75. The van der Waals surface area contributed by atoms with E-state index >= 15 is 0 Å². The lowest BCUT2D eigenvalue weighted by atomic mass is 10.0. The van der Waals surface area contributed by atoms with Gasteiger partial charge in [0.1, 0.15) is 11.5 Å². The van der Waals surface area contributed by atoms with Crippen LogP contribution in [0.4, 0.5) is 10.6 Å². The molecule has 0 aliphatic rings. The van der Waals surface area contributed by atoms with Crippen molar-refractivity contribution in [3.63, 3.8) is 0 Å². The number of nitrogens with one attached hydrogen (secondary N) is 2. The Labute approximate surface area is 157 Å².